The fraction of sp³-hybridized carbons (Fsp3) is 0.294. The fourth-order valence-electron chi connectivity index (χ4n) is 2.06. The Morgan fingerprint density at radius 3 is 2.42 bits per heavy atom. The Hall–Kier alpha value is -1.96. The van der Waals surface area contributed by atoms with Crippen LogP contribution in [0.2, 0.25) is 0 Å². The van der Waals surface area contributed by atoms with Crippen molar-refractivity contribution in [2.24, 2.45) is 0 Å². The molecule has 1 N–H and O–H groups in total. The van der Waals surface area contributed by atoms with E-state index in [1.54, 1.807) is 7.11 Å². The highest BCUT2D eigenvalue weighted by Gasteiger charge is 1.99. The number of aryl methyl sites for hydroxylation is 2. The first kappa shape index (κ1) is 13.5. The third-order valence-corrected chi connectivity index (χ3v) is 3.28. The first-order valence-corrected chi connectivity index (χ1v) is 6.63. The van der Waals surface area contributed by atoms with E-state index in [4.69, 9.17) is 4.74 Å². The summed E-state index contributed by atoms with van der Waals surface area (Å²) in [4.78, 5) is 0. The van der Waals surface area contributed by atoms with Crippen molar-refractivity contribution in [1.82, 2.24) is 0 Å². The minimum Gasteiger partial charge on any atom is -0.497 e. The molecule has 0 bridgehead atoms. The van der Waals surface area contributed by atoms with Crippen LogP contribution in [0.4, 0.5) is 5.69 Å². The lowest BCUT2D eigenvalue weighted by molar-refractivity contribution is 0.414. The summed E-state index contributed by atoms with van der Waals surface area (Å²) >= 11 is 0. The van der Waals surface area contributed by atoms with Crippen molar-refractivity contribution in [1.29, 1.82) is 0 Å². The molecule has 2 nitrogen and oxygen atoms in total. The number of nitrogens with one attached hydrogen (secondary N) is 1. The normalized spacial score (nSPS) is 10.3. The Balaban J connectivity index is 1.90. The molecule has 0 radical (unpaired) electrons. The van der Waals surface area contributed by atoms with Crippen LogP contribution in [0, 0.1) is 13.8 Å². The summed E-state index contributed by atoms with van der Waals surface area (Å²) in [6.07, 6.45) is 1.01. The van der Waals surface area contributed by atoms with Gasteiger partial charge in [-0.15, -0.1) is 0 Å². The molecule has 0 atom stereocenters. The van der Waals surface area contributed by atoms with Gasteiger partial charge in [0, 0.05) is 12.2 Å². The Morgan fingerprint density at radius 2 is 1.74 bits per heavy atom. The highest BCUT2D eigenvalue weighted by molar-refractivity contribution is 5.52. The maximum Gasteiger partial charge on any atom is 0.118 e. The lowest BCUT2D eigenvalue weighted by Crippen LogP contribution is -2.06. The molecular weight excluding hydrogens is 234 g/mol. The van der Waals surface area contributed by atoms with Crippen molar-refractivity contribution in [3.8, 4) is 5.75 Å². The van der Waals surface area contributed by atoms with Gasteiger partial charge in [0.2, 0.25) is 0 Å². The maximum atomic E-state index is 5.16. The second kappa shape index (κ2) is 6.28. The molecule has 0 amide bonds. The van der Waals surface area contributed by atoms with Crippen LogP contribution in [0.5, 0.6) is 5.75 Å². The zero-order valence-electron chi connectivity index (χ0n) is 11.9. The maximum absolute atomic E-state index is 5.16. The number of anilines is 1. The molecule has 0 aromatic heterocycles. The molecule has 0 saturated carbocycles. The van der Waals surface area contributed by atoms with Crippen molar-refractivity contribution >= 4 is 5.69 Å². The molecule has 2 rings (SSSR count). The van der Waals surface area contributed by atoms with Crippen LogP contribution in [-0.2, 0) is 6.42 Å². The second-order valence-corrected chi connectivity index (χ2v) is 4.84. The lowest BCUT2D eigenvalue weighted by atomic mass is 10.1. The van der Waals surface area contributed by atoms with Crippen LogP contribution < -0.4 is 10.1 Å². The van der Waals surface area contributed by atoms with Crippen molar-refractivity contribution in [3.63, 3.8) is 0 Å². The molecule has 0 aliphatic rings. The summed E-state index contributed by atoms with van der Waals surface area (Å²) in [7, 11) is 1.69. The van der Waals surface area contributed by atoms with Crippen LogP contribution in [0.25, 0.3) is 0 Å². The first-order chi connectivity index (χ1) is 9.19. The predicted molar refractivity (Wildman–Crippen MR) is 81.1 cm³/mol. The molecule has 0 aliphatic carbocycles. The van der Waals surface area contributed by atoms with E-state index in [2.05, 4.69) is 49.5 Å². The van der Waals surface area contributed by atoms with E-state index < -0.39 is 0 Å². The summed E-state index contributed by atoms with van der Waals surface area (Å²) in [6.45, 7) is 5.19. The standard InChI is InChI=1S/C17H21NO/c1-13-4-5-14(2)17(12-13)18-11-10-15-6-8-16(19-3)9-7-15/h4-9,12,18H,10-11H2,1-3H3. The predicted octanol–water partition coefficient (Wildman–Crippen LogP) is 3.97. The van der Waals surface area contributed by atoms with Gasteiger partial charge in [-0.2, -0.15) is 0 Å². The molecule has 2 aromatic rings. The molecule has 0 saturated heterocycles. The van der Waals surface area contributed by atoms with Gasteiger partial charge in [0.1, 0.15) is 5.75 Å². The fourth-order valence-corrected chi connectivity index (χ4v) is 2.06. The zero-order chi connectivity index (χ0) is 13.7. The molecular formula is C17H21NO. The third-order valence-electron chi connectivity index (χ3n) is 3.28. The number of methoxy groups -OCH3 is 1. The lowest BCUT2D eigenvalue weighted by Gasteiger charge is -2.10. The largest absolute Gasteiger partial charge is 0.497 e. The van der Waals surface area contributed by atoms with Gasteiger partial charge in [-0.3, -0.25) is 0 Å². The Kier molecular flexibility index (Phi) is 4.45. The second-order valence-electron chi connectivity index (χ2n) is 4.84. The highest BCUT2D eigenvalue weighted by Crippen LogP contribution is 2.17. The summed E-state index contributed by atoms with van der Waals surface area (Å²) < 4.78 is 5.16. The van der Waals surface area contributed by atoms with Gasteiger partial charge in [-0.05, 0) is 55.2 Å². The van der Waals surface area contributed by atoms with Crippen molar-refractivity contribution in [3.05, 3.63) is 59.2 Å². The van der Waals surface area contributed by atoms with E-state index in [1.807, 2.05) is 12.1 Å². The van der Waals surface area contributed by atoms with Gasteiger partial charge < -0.3 is 10.1 Å². The van der Waals surface area contributed by atoms with Crippen LogP contribution in [0.3, 0.4) is 0 Å². The van der Waals surface area contributed by atoms with Gasteiger partial charge in [0.15, 0.2) is 0 Å². The number of rotatable bonds is 5. The van der Waals surface area contributed by atoms with Crippen molar-refractivity contribution in [2.75, 3.05) is 19.0 Å². The summed E-state index contributed by atoms with van der Waals surface area (Å²) in [5.74, 6) is 0.909. The van der Waals surface area contributed by atoms with Gasteiger partial charge in [-0.25, -0.2) is 0 Å². The van der Waals surface area contributed by atoms with E-state index in [1.165, 1.54) is 22.4 Å². The summed E-state index contributed by atoms with van der Waals surface area (Å²) in [5, 5.41) is 3.50. The zero-order valence-corrected chi connectivity index (χ0v) is 11.9. The van der Waals surface area contributed by atoms with Gasteiger partial charge in [-0.1, -0.05) is 24.3 Å². The molecule has 100 valence electrons. The molecule has 0 aliphatic heterocycles. The summed E-state index contributed by atoms with van der Waals surface area (Å²) in [5.41, 5.74) is 5.13. The van der Waals surface area contributed by atoms with Crippen molar-refractivity contribution in [2.45, 2.75) is 20.3 Å². The van der Waals surface area contributed by atoms with E-state index >= 15 is 0 Å². The quantitative estimate of drug-likeness (QED) is 0.873. The minimum absolute atomic E-state index is 0.909. The molecule has 0 spiro atoms. The van der Waals surface area contributed by atoms with Crippen LogP contribution in [0.1, 0.15) is 16.7 Å². The smallest absolute Gasteiger partial charge is 0.118 e. The first-order valence-electron chi connectivity index (χ1n) is 6.63. The van der Waals surface area contributed by atoms with Gasteiger partial charge in [0.25, 0.3) is 0 Å². The topological polar surface area (TPSA) is 21.3 Å². The highest BCUT2D eigenvalue weighted by atomic mass is 16.5. The van der Waals surface area contributed by atoms with Crippen molar-refractivity contribution < 1.29 is 4.74 Å². The monoisotopic (exact) mass is 255 g/mol. The molecule has 19 heavy (non-hydrogen) atoms. The average Bonchev–Trinajstić information content (AvgIpc) is 2.43. The van der Waals surface area contributed by atoms with Gasteiger partial charge >= 0.3 is 0 Å². The molecule has 0 heterocycles. The number of ether oxygens (including phenoxy) is 1. The SMILES string of the molecule is COc1ccc(CCNc2cc(C)ccc2C)cc1. The molecule has 0 unspecified atom stereocenters. The minimum atomic E-state index is 0.909. The third kappa shape index (κ3) is 3.75. The summed E-state index contributed by atoms with van der Waals surface area (Å²) in [6, 6.07) is 14.7. The van der Waals surface area contributed by atoms with Crippen LogP contribution >= 0.6 is 0 Å². The van der Waals surface area contributed by atoms with E-state index in [0.717, 1.165) is 18.7 Å². The molecule has 0 fully saturated rings. The van der Waals surface area contributed by atoms with E-state index in [9.17, 15) is 0 Å². The Labute approximate surface area is 115 Å². The Bertz CT molecular complexity index is 531. The van der Waals surface area contributed by atoms with E-state index in [0.29, 0.717) is 0 Å². The molecule has 2 heteroatoms. The number of hydrogen-bond donors (Lipinski definition) is 1. The number of hydrogen-bond acceptors (Lipinski definition) is 2. The average molecular weight is 255 g/mol. The number of benzene rings is 2. The van der Waals surface area contributed by atoms with Crippen LogP contribution in [0.15, 0.2) is 42.5 Å². The van der Waals surface area contributed by atoms with Crippen LogP contribution in [-0.4, -0.2) is 13.7 Å². The van der Waals surface area contributed by atoms with Gasteiger partial charge in [0.05, 0.1) is 7.11 Å². The Morgan fingerprint density at radius 1 is 1.00 bits per heavy atom. The molecule has 2 aromatic carbocycles. The van der Waals surface area contributed by atoms with E-state index in [-0.39, 0.29) is 0 Å².